The standard InChI is InChI=1S/C17H19N3O4/c1-23-14-8-12(19-16(21)10-18)13(9-15(14)24-2)20-17(22)11-6-4-3-5-7-11/h3-9H,10,18H2,1-2H3,(H,19,21)(H,20,22). The topological polar surface area (TPSA) is 103 Å². The van der Waals surface area contributed by atoms with Crippen LogP contribution in [0.5, 0.6) is 11.5 Å². The molecule has 0 aliphatic rings. The van der Waals surface area contributed by atoms with Gasteiger partial charge in [-0.05, 0) is 12.1 Å². The van der Waals surface area contributed by atoms with Crippen molar-refractivity contribution in [2.75, 3.05) is 31.4 Å². The molecule has 7 nitrogen and oxygen atoms in total. The number of nitrogens with one attached hydrogen (secondary N) is 2. The van der Waals surface area contributed by atoms with Crippen molar-refractivity contribution in [2.45, 2.75) is 0 Å². The van der Waals surface area contributed by atoms with Crippen LogP contribution in [0.3, 0.4) is 0 Å². The van der Waals surface area contributed by atoms with Crippen molar-refractivity contribution < 1.29 is 19.1 Å². The van der Waals surface area contributed by atoms with E-state index in [2.05, 4.69) is 10.6 Å². The first-order valence-electron chi connectivity index (χ1n) is 7.21. The molecular weight excluding hydrogens is 310 g/mol. The molecule has 7 heteroatoms. The van der Waals surface area contributed by atoms with Crippen LogP contribution in [0.4, 0.5) is 11.4 Å². The number of anilines is 2. The van der Waals surface area contributed by atoms with Gasteiger partial charge in [0.05, 0.1) is 32.1 Å². The summed E-state index contributed by atoms with van der Waals surface area (Å²) >= 11 is 0. The van der Waals surface area contributed by atoms with Gasteiger partial charge >= 0.3 is 0 Å². The van der Waals surface area contributed by atoms with Crippen molar-refractivity contribution in [1.29, 1.82) is 0 Å². The minimum Gasteiger partial charge on any atom is -0.493 e. The van der Waals surface area contributed by atoms with Gasteiger partial charge in [-0.15, -0.1) is 0 Å². The molecule has 0 bridgehead atoms. The summed E-state index contributed by atoms with van der Waals surface area (Å²) in [4.78, 5) is 24.0. The Hall–Kier alpha value is -3.06. The normalized spacial score (nSPS) is 9.96. The molecule has 2 amide bonds. The smallest absolute Gasteiger partial charge is 0.255 e. The van der Waals surface area contributed by atoms with E-state index in [0.717, 1.165) is 0 Å². The van der Waals surface area contributed by atoms with Crippen molar-refractivity contribution in [3.05, 3.63) is 48.0 Å². The average molecular weight is 329 g/mol. The van der Waals surface area contributed by atoms with Crippen molar-refractivity contribution in [3.63, 3.8) is 0 Å². The Morgan fingerprint density at radius 1 is 0.958 bits per heavy atom. The van der Waals surface area contributed by atoms with Crippen LogP contribution in [0.2, 0.25) is 0 Å². The first kappa shape index (κ1) is 17.3. The number of benzene rings is 2. The van der Waals surface area contributed by atoms with Gasteiger partial charge in [-0.25, -0.2) is 0 Å². The molecule has 24 heavy (non-hydrogen) atoms. The summed E-state index contributed by atoms with van der Waals surface area (Å²) in [7, 11) is 2.97. The Bertz CT molecular complexity index is 732. The summed E-state index contributed by atoms with van der Waals surface area (Å²) in [6, 6.07) is 11.9. The Balaban J connectivity index is 2.38. The molecule has 0 aliphatic heterocycles. The molecule has 0 heterocycles. The Kier molecular flexibility index (Phi) is 5.75. The van der Waals surface area contributed by atoms with Gasteiger partial charge in [-0.3, -0.25) is 9.59 Å². The number of carbonyl (C=O) groups excluding carboxylic acids is 2. The summed E-state index contributed by atoms with van der Waals surface area (Å²) in [5.41, 5.74) is 6.57. The monoisotopic (exact) mass is 329 g/mol. The van der Waals surface area contributed by atoms with Gasteiger partial charge in [-0.2, -0.15) is 0 Å². The number of methoxy groups -OCH3 is 2. The van der Waals surface area contributed by atoms with E-state index in [4.69, 9.17) is 15.2 Å². The Morgan fingerprint density at radius 2 is 1.50 bits per heavy atom. The lowest BCUT2D eigenvalue weighted by Gasteiger charge is -2.16. The van der Waals surface area contributed by atoms with Crippen LogP contribution < -0.4 is 25.8 Å². The number of nitrogens with two attached hydrogens (primary N) is 1. The highest BCUT2D eigenvalue weighted by molar-refractivity contribution is 6.07. The first-order valence-corrected chi connectivity index (χ1v) is 7.21. The van der Waals surface area contributed by atoms with Crippen LogP contribution in [0.1, 0.15) is 10.4 Å². The summed E-state index contributed by atoms with van der Waals surface area (Å²) < 4.78 is 10.5. The molecule has 0 saturated heterocycles. The highest BCUT2D eigenvalue weighted by atomic mass is 16.5. The molecule has 4 N–H and O–H groups in total. The minimum absolute atomic E-state index is 0.180. The van der Waals surface area contributed by atoms with E-state index in [9.17, 15) is 9.59 Å². The van der Waals surface area contributed by atoms with Gasteiger partial charge in [0.2, 0.25) is 5.91 Å². The summed E-state index contributed by atoms with van der Waals surface area (Å²) in [5, 5.41) is 5.38. The predicted molar refractivity (Wildman–Crippen MR) is 91.6 cm³/mol. The summed E-state index contributed by atoms with van der Waals surface area (Å²) in [6.07, 6.45) is 0. The lowest BCUT2D eigenvalue weighted by atomic mass is 10.2. The van der Waals surface area contributed by atoms with E-state index in [-0.39, 0.29) is 12.5 Å². The van der Waals surface area contributed by atoms with Gasteiger partial charge in [0.25, 0.3) is 5.91 Å². The largest absolute Gasteiger partial charge is 0.493 e. The van der Waals surface area contributed by atoms with Gasteiger partial charge in [0.15, 0.2) is 11.5 Å². The molecule has 2 rings (SSSR count). The molecular formula is C17H19N3O4. The van der Waals surface area contributed by atoms with Crippen molar-refractivity contribution in [1.82, 2.24) is 0 Å². The third-order valence-electron chi connectivity index (χ3n) is 3.27. The van der Waals surface area contributed by atoms with E-state index in [1.165, 1.54) is 14.2 Å². The molecule has 126 valence electrons. The number of rotatable bonds is 6. The maximum Gasteiger partial charge on any atom is 0.255 e. The molecule has 2 aromatic rings. The number of amides is 2. The molecule has 0 unspecified atom stereocenters. The molecule has 0 saturated carbocycles. The molecule has 0 fully saturated rings. The number of carbonyl (C=O) groups is 2. The predicted octanol–water partition coefficient (Wildman–Crippen LogP) is 1.85. The van der Waals surface area contributed by atoms with Crippen LogP contribution in [0, 0.1) is 0 Å². The second-order valence-corrected chi connectivity index (χ2v) is 4.83. The molecule has 0 aromatic heterocycles. The van der Waals surface area contributed by atoms with Gasteiger partial charge in [0, 0.05) is 17.7 Å². The maximum absolute atomic E-state index is 12.4. The zero-order chi connectivity index (χ0) is 17.5. The molecule has 0 radical (unpaired) electrons. The second-order valence-electron chi connectivity index (χ2n) is 4.83. The third-order valence-corrected chi connectivity index (χ3v) is 3.27. The first-order chi connectivity index (χ1) is 11.6. The van der Waals surface area contributed by atoms with Crippen LogP contribution in [0.15, 0.2) is 42.5 Å². The fourth-order valence-electron chi connectivity index (χ4n) is 2.07. The van der Waals surface area contributed by atoms with Crippen LogP contribution in [-0.4, -0.2) is 32.6 Å². The number of ether oxygens (including phenoxy) is 2. The van der Waals surface area contributed by atoms with E-state index in [0.29, 0.717) is 28.4 Å². The SMILES string of the molecule is COc1cc(NC(=O)CN)c(NC(=O)c2ccccc2)cc1OC. The van der Waals surface area contributed by atoms with Gasteiger partial charge in [-0.1, -0.05) is 18.2 Å². The van der Waals surface area contributed by atoms with Crippen LogP contribution >= 0.6 is 0 Å². The quantitative estimate of drug-likeness (QED) is 0.750. The highest BCUT2D eigenvalue weighted by Crippen LogP contribution is 2.36. The molecule has 0 spiro atoms. The summed E-state index contributed by atoms with van der Waals surface area (Å²) in [5.74, 6) is 0.137. The molecule has 0 aliphatic carbocycles. The summed E-state index contributed by atoms with van der Waals surface area (Å²) in [6.45, 7) is -0.180. The molecule has 0 atom stereocenters. The van der Waals surface area contributed by atoms with Crippen molar-refractivity contribution in [3.8, 4) is 11.5 Å². The lowest BCUT2D eigenvalue weighted by Crippen LogP contribution is -2.23. The zero-order valence-electron chi connectivity index (χ0n) is 13.5. The zero-order valence-corrected chi connectivity index (χ0v) is 13.5. The van der Waals surface area contributed by atoms with E-state index in [1.807, 2.05) is 6.07 Å². The number of hydrogen-bond donors (Lipinski definition) is 3. The Labute approximate surface area is 139 Å². The van der Waals surface area contributed by atoms with Gasteiger partial charge < -0.3 is 25.8 Å². The van der Waals surface area contributed by atoms with Crippen LogP contribution in [-0.2, 0) is 4.79 Å². The average Bonchev–Trinajstić information content (AvgIpc) is 2.63. The van der Waals surface area contributed by atoms with E-state index < -0.39 is 5.91 Å². The maximum atomic E-state index is 12.4. The van der Waals surface area contributed by atoms with Crippen molar-refractivity contribution in [2.24, 2.45) is 5.73 Å². The number of hydrogen-bond acceptors (Lipinski definition) is 5. The fourth-order valence-corrected chi connectivity index (χ4v) is 2.07. The van der Waals surface area contributed by atoms with Gasteiger partial charge in [0.1, 0.15) is 0 Å². The highest BCUT2D eigenvalue weighted by Gasteiger charge is 2.15. The second kappa shape index (κ2) is 7.98. The third kappa shape index (κ3) is 4.02. The van der Waals surface area contributed by atoms with Crippen LogP contribution in [0.25, 0.3) is 0 Å². The minimum atomic E-state index is -0.391. The van der Waals surface area contributed by atoms with Crippen molar-refractivity contribution >= 4 is 23.2 Å². The fraction of sp³-hybridized carbons (Fsp3) is 0.176. The lowest BCUT2D eigenvalue weighted by molar-refractivity contribution is -0.114. The van der Waals surface area contributed by atoms with E-state index in [1.54, 1.807) is 36.4 Å². The Morgan fingerprint density at radius 3 is 2.00 bits per heavy atom. The van der Waals surface area contributed by atoms with E-state index >= 15 is 0 Å². The molecule has 2 aromatic carbocycles.